The molecule has 0 aliphatic carbocycles. The number of nitrogens with zero attached hydrogens (tertiary/aromatic N) is 2. The first-order valence-corrected chi connectivity index (χ1v) is 10.3. The number of piperazine rings is 1. The maximum absolute atomic E-state index is 12.8. The van der Waals surface area contributed by atoms with Crippen LogP contribution in [0.2, 0.25) is 0 Å². The summed E-state index contributed by atoms with van der Waals surface area (Å²) in [7, 11) is -3.09. The molecular weight excluding hydrogens is 331 g/mol. The fourth-order valence-corrected chi connectivity index (χ4v) is 3.35. The van der Waals surface area contributed by atoms with Gasteiger partial charge in [-0.25, -0.2) is 12.8 Å². The summed E-state index contributed by atoms with van der Waals surface area (Å²) in [5, 5.41) is 0. The summed E-state index contributed by atoms with van der Waals surface area (Å²) < 4.78 is 35.1. The van der Waals surface area contributed by atoms with Crippen LogP contribution in [0.4, 0.5) is 4.39 Å². The van der Waals surface area contributed by atoms with E-state index in [0.717, 1.165) is 44.3 Å². The minimum atomic E-state index is -3.09. The quantitative estimate of drug-likeness (QED) is 0.740. The number of carbonyl (C=O) groups is 1. The molecule has 1 fully saturated rings. The zero-order valence-electron chi connectivity index (χ0n) is 14.1. The molecule has 1 aliphatic rings. The molecule has 2 rings (SSSR count). The molecule has 1 aromatic carbocycles. The molecule has 0 N–H and O–H groups in total. The highest BCUT2D eigenvalue weighted by Gasteiger charge is 2.21. The summed E-state index contributed by atoms with van der Waals surface area (Å²) in [5.41, 5.74) is 1.13. The Labute approximate surface area is 143 Å². The van der Waals surface area contributed by atoms with Gasteiger partial charge in [-0.3, -0.25) is 9.69 Å². The second-order valence-electron chi connectivity index (χ2n) is 6.33. The summed E-state index contributed by atoms with van der Waals surface area (Å²) in [6, 6.07) is 6.59. The van der Waals surface area contributed by atoms with Crippen LogP contribution in [0.15, 0.2) is 24.3 Å². The molecule has 134 valence electrons. The Balaban J connectivity index is 1.65. The highest BCUT2D eigenvalue weighted by atomic mass is 32.2. The first-order valence-electron chi connectivity index (χ1n) is 8.26. The van der Waals surface area contributed by atoms with Crippen molar-refractivity contribution in [1.29, 1.82) is 0 Å². The largest absolute Gasteiger partial charge is 0.340 e. The second kappa shape index (κ2) is 8.58. The Morgan fingerprint density at radius 3 is 2.33 bits per heavy atom. The van der Waals surface area contributed by atoms with Gasteiger partial charge in [-0.1, -0.05) is 12.1 Å². The van der Waals surface area contributed by atoms with Crippen molar-refractivity contribution >= 4 is 15.7 Å². The van der Waals surface area contributed by atoms with E-state index in [1.807, 2.05) is 12.1 Å². The van der Waals surface area contributed by atoms with E-state index in [4.69, 9.17) is 0 Å². The van der Waals surface area contributed by atoms with Gasteiger partial charge in [-0.05, 0) is 37.1 Å². The SMILES string of the molecule is CS(=O)(=O)CCC(=O)N1CCN(CCCc2ccc(F)cc2)CC1. The van der Waals surface area contributed by atoms with E-state index in [9.17, 15) is 17.6 Å². The maximum Gasteiger partial charge on any atom is 0.223 e. The highest BCUT2D eigenvalue weighted by molar-refractivity contribution is 7.90. The molecule has 1 aliphatic heterocycles. The Bertz CT molecular complexity index is 638. The predicted molar refractivity (Wildman–Crippen MR) is 92.1 cm³/mol. The number of benzene rings is 1. The molecule has 0 unspecified atom stereocenters. The van der Waals surface area contributed by atoms with Crippen molar-refractivity contribution in [2.45, 2.75) is 19.3 Å². The van der Waals surface area contributed by atoms with Crippen molar-refractivity contribution in [2.75, 3.05) is 44.7 Å². The fraction of sp³-hybridized carbons (Fsp3) is 0.588. The number of aryl methyl sites for hydroxylation is 1. The van der Waals surface area contributed by atoms with Gasteiger partial charge in [-0.2, -0.15) is 0 Å². The van der Waals surface area contributed by atoms with Crippen LogP contribution >= 0.6 is 0 Å². The molecule has 1 saturated heterocycles. The molecule has 1 aromatic rings. The van der Waals surface area contributed by atoms with Gasteiger partial charge < -0.3 is 4.90 Å². The zero-order valence-corrected chi connectivity index (χ0v) is 14.9. The zero-order chi connectivity index (χ0) is 17.6. The van der Waals surface area contributed by atoms with Crippen LogP contribution in [0, 0.1) is 5.82 Å². The van der Waals surface area contributed by atoms with E-state index in [1.165, 1.54) is 12.1 Å². The minimum Gasteiger partial charge on any atom is -0.340 e. The third-order valence-electron chi connectivity index (χ3n) is 4.26. The lowest BCUT2D eigenvalue weighted by molar-refractivity contribution is -0.132. The maximum atomic E-state index is 12.8. The molecule has 5 nitrogen and oxygen atoms in total. The van der Waals surface area contributed by atoms with Gasteiger partial charge in [-0.15, -0.1) is 0 Å². The number of carbonyl (C=O) groups excluding carboxylic acids is 1. The van der Waals surface area contributed by atoms with Gasteiger partial charge in [0.25, 0.3) is 0 Å². The van der Waals surface area contributed by atoms with Crippen LogP contribution in [-0.2, 0) is 21.1 Å². The first-order chi connectivity index (χ1) is 11.3. The third-order valence-corrected chi connectivity index (χ3v) is 5.21. The number of hydrogen-bond donors (Lipinski definition) is 0. The van der Waals surface area contributed by atoms with Crippen molar-refractivity contribution in [2.24, 2.45) is 0 Å². The lowest BCUT2D eigenvalue weighted by Crippen LogP contribution is -2.49. The molecular formula is C17H25FN2O3S. The van der Waals surface area contributed by atoms with Crippen molar-refractivity contribution in [3.8, 4) is 0 Å². The normalized spacial score (nSPS) is 16.3. The number of sulfone groups is 1. The highest BCUT2D eigenvalue weighted by Crippen LogP contribution is 2.09. The van der Waals surface area contributed by atoms with E-state index in [0.29, 0.717) is 13.1 Å². The van der Waals surface area contributed by atoms with Crippen LogP contribution in [0.5, 0.6) is 0 Å². The number of hydrogen-bond acceptors (Lipinski definition) is 4. The molecule has 1 heterocycles. The van der Waals surface area contributed by atoms with E-state index in [-0.39, 0.29) is 23.9 Å². The molecule has 7 heteroatoms. The summed E-state index contributed by atoms with van der Waals surface area (Å²) in [4.78, 5) is 16.1. The third kappa shape index (κ3) is 6.57. The van der Waals surface area contributed by atoms with E-state index in [1.54, 1.807) is 4.90 Å². The number of rotatable bonds is 7. The predicted octanol–water partition coefficient (Wildman–Crippen LogP) is 1.34. The van der Waals surface area contributed by atoms with Crippen LogP contribution in [0.1, 0.15) is 18.4 Å². The molecule has 0 radical (unpaired) electrons. The number of halogens is 1. The van der Waals surface area contributed by atoms with Crippen LogP contribution in [0.3, 0.4) is 0 Å². The minimum absolute atomic E-state index is 0.0728. The lowest BCUT2D eigenvalue weighted by Gasteiger charge is -2.34. The topological polar surface area (TPSA) is 57.7 Å². The molecule has 24 heavy (non-hydrogen) atoms. The van der Waals surface area contributed by atoms with Gasteiger partial charge in [0, 0.05) is 38.9 Å². The van der Waals surface area contributed by atoms with Crippen molar-refractivity contribution in [3.63, 3.8) is 0 Å². The van der Waals surface area contributed by atoms with Crippen LogP contribution in [-0.4, -0.2) is 68.9 Å². The summed E-state index contributed by atoms with van der Waals surface area (Å²) in [6.45, 7) is 3.88. The lowest BCUT2D eigenvalue weighted by atomic mass is 10.1. The summed E-state index contributed by atoms with van der Waals surface area (Å²) in [6.07, 6.45) is 3.13. The standard InChI is InChI=1S/C17H25FN2O3S/c1-24(22,23)14-8-17(21)20-12-10-19(11-13-20)9-2-3-15-4-6-16(18)7-5-15/h4-7H,2-3,8-14H2,1H3. The van der Waals surface area contributed by atoms with Gasteiger partial charge in [0.2, 0.25) is 5.91 Å². The molecule has 0 aromatic heterocycles. The summed E-state index contributed by atoms with van der Waals surface area (Å²) >= 11 is 0. The molecule has 0 spiro atoms. The van der Waals surface area contributed by atoms with Crippen LogP contribution < -0.4 is 0 Å². The second-order valence-corrected chi connectivity index (χ2v) is 8.59. The fourth-order valence-electron chi connectivity index (χ4n) is 2.81. The van der Waals surface area contributed by atoms with E-state index in [2.05, 4.69) is 4.90 Å². The van der Waals surface area contributed by atoms with Gasteiger partial charge in [0.05, 0.1) is 5.75 Å². The Kier molecular flexibility index (Phi) is 6.74. The molecule has 0 bridgehead atoms. The average Bonchev–Trinajstić information content (AvgIpc) is 2.54. The molecule has 1 amide bonds. The smallest absolute Gasteiger partial charge is 0.223 e. The Hall–Kier alpha value is -1.47. The summed E-state index contributed by atoms with van der Waals surface area (Å²) in [5.74, 6) is -0.370. The van der Waals surface area contributed by atoms with Crippen LogP contribution in [0.25, 0.3) is 0 Å². The first kappa shape index (κ1) is 18.9. The van der Waals surface area contributed by atoms with E-state index < -0.39 is 9.84 Å². The van der Waals surface area contributed by atoms with Gasteiger partial charge in [0.15, 0.2) is 0 Å². The molecule has 0 atom stereocenters. The van der Waals surface area contributed by atoms with Crippen molar-refractivity contribution < 1.29 is 17.6 Å². The van der Waals surface area contributed by atoms with Crippen molar-refractivity contribution in [3.05, 3.63) is 35.6 Å². The van der Waals surface area contributed by atoms with E-state index >= 15 is 0 Å². The Morgan fingerprint density at radius 1 is 1.12 bits per heavy atom. The monoisotopic (exact) mass is 356 g/mol. The van der Waals surface area contributed by atoms with Crippen molar-refractivity contribution in [1.82, 2.24) is 9.80 Å². The average molecular weight is 356 g/mol. The van der Waals surface area contributed by atoms with Gasteiger partial charge in [0.1, 0.15) is 15.7 Å². The number of amides is 1. The Morgan fingerprint density at radius 2 is 1.75 bits per heavy atom. The molecule has 0 saturated carbocycles. The van der Waals surface area contributed by atoms with Gasteiger partial charge >= 0.3 is 0 Å².